The molecule has 2 aliphatic rings. The highest BCUT2D eigenvalue weighted by molar-refractivity contribution is 6.31. The van der Waals surface area contributed by atoms with Crippen LogP contribution in [-0.2, 0) is 20.8 Å². The molecule has 2 aliphatic heterocycles. The molecule has 0 radical (unpaired) electrons. The number of carboxylic acid groups (broad SMARTS) is 1. The number of aromatic nitrogens is 2. The fourth-order valence-electron chi connectivity index (χ4n) is 5.67. The van der Waals surface area contributed by atoms with Crippen molar-refractivity contribution in [3.63, 3.8) is 0 Å². The van der Waals surface area contributed by atoms with Gasteiger partial charge in [0.2, 0.25) is 6.10 Å². The summed E-state index contributed by atoms with van der Waals surface area (Å²) >= 11 is 5.94. The average molecular weight is 614 g/mol. The molecular formula is C32H25ClFN5O5. The number of aryl methyl sites for hydroxylation is 1. The highest BCUT2D eigenvalue weighted by Crippen LogP contribution is 2.38. The zero-order valence-electron chi connectivity index (χ0n) is 23.3. The topological polar surface area (TPSA) is 134 Å². The molecule has 0 spiro atoms. The minimum Gasteiger partial charge on any atom is -0.478 e. The Morgan fingerprint density at radius 3 is 2.57 bits per heavy atom. The fraction of sp³-hybridized carbons (Fsp3) is 0.188. The van der Waals surface area contributed by atoms with Gasteiger partial charge >= 0.3 is 5.97 Å². The van der Waals surface area contributed by atoms with Gasteiger partial charge < -0.3 is 20.2 Å². The second-order valence-corrected chi connectivity index (χ2v) is 10.9. The average Bonchev–Trinajstić information content (AvgIpc) is 3.51. The Bertz CT molecular complexity index is 1830. The zero-order valence-corrected chi connectivity index (χ0v) is 24.1. The lowest BCUT2D eigenvalue weighted by molar-refractivity contribution is -0.148. The fourth-order valence-corrected chi connectivity index (χ4v) is 5.85. The third-order valence-corrected chi connectivity index (χ3v) is 8.05. The first kappa shape index (κ1) is 28.9. The minimum atomic E-state index is -1.08. The van der Waals surface area contributed by atoms with Gasteiger partial charge in [-0.25, -0.2) is 19.2 Å². The van der Waals surface area contributed by atoms with Gasteiger partial charge in [-0.05, 0) is 65.9 Å². The summed E-state index contributed by atoms with van der Waals surface area (Å²) < 4.78 is 14.7. The summed E-state index contributed by atoms with van der Waals surface area (Å²) in [7, 11) is 0. The molecule has 44 heavy (non-hydrogen) atoms. The van der Waals surface area contributed by atoms with Crippen LogP contribution in [0.15, 0.2) is 78.5 Å². The van der Waals surface area contributed by atoms with E-state index in [0.29, 0.717) is 23.2 Å². The third-order valence-electron chi connectivity index (χ3n) is 7.76. The van der Waals surface area contributed by atoms with Gasteiger partial charge in [0.25, 0.3) is 11.8 Å². The molecule has 2 atom stereocenters. The number of aromatic carboxylic acids is 1. The Hall–Kier alpha value is -5.16. The molecule has 0 saturated heterocycles. The number of anilines is 1. The number of rotatable bonds is 6. The van der Waals surface area contributed by atoms with Crippen molar-refractivity contribution in [3.05, 3.63) is 112 Å². The van der Waals surface area contributed by atoms with Crippen molar-refractivity contribution in [1.29, 1.82) is 0 Å². The molecule has 2 N–H and O–H groups in total. The summed E-state index contributed by atoms with van der Waals surface area (Å²) in [6, 6.07) is 13.4. The number of nitrogens with zero attached hydrogens (tertiary/aromatic N) is 4. The molecule has 12 heteroatoms. The van der Waals surface area contributed by atoms with E-state index in [1.165, 1.54) is 35.5 Å². The molecule has 10 nitrogen and oxygen atoms in total. The van der Waals surface area contributed by atoms with Gasteiger partial charge in [-0.1, -0.05) is 41.0 Å². The van der Waals surface area contributed by atoms with E-state index in [-0.39, 0.29) is 34.8 Å². The van der Waals surface area contributed by atoms with Crippen LogP contribution < -0.4 is 5.32 Å². The molecule has 0 saturated carbocycles. The summed E-state index contributed by atoms with van der Waals surface area (Å²) in [6.45, 7) is 1.82. The maximum absolute atomic E-state index is 14.7. The van der Waals surface area contributed by atoms with E-state index < -0.39 is 35.7 Å². The van der Waals surface area contributed by atoms with E-state index in [4.69, 9.17) is 16.4 Å². The molecule has 0 bridgehead atoms. The third kappa shape index (κ3) is 5.37. The first-order chi connectivity index (χ1) is 21.2. The summed E-state index contributed by atoms with van der Waals surface area (Å²) in [5.41, 5.74) is 4.43. The number of amides is 2. The van der Waals surface area contributed by atoms with E-state index in [2.05, 4.69) is 20.4 Å². The Kier molecular flexibility index (Phi) is 7.79. The van der Waals surface area contributed by atoms with Crippen molar-refractivity contribution in [2.75, 3.05) is 11.9 Å². The zero-order chi connectivity index (χ0) is 31.0. The molecule has 4 aromatic rings. The smallest absolute Gasteiger partial charge is 0.335 e. The normalized spacial score (nSPS) is 17.3. The number of hydrogen-bond donors (Lipinski definition) is 2. The number of halogens is 2. The quantitative estimate of drug-likeness (QED) is 0.305. The summed E-state index contributed by atoms with van der Waals surface area (Å²) in [6.07, 6.45) is 4.14. The first-order valence-corrected chi connectivity index (χ1v) is 14.1. The Labute approximate surface area is 256 Å². The minimum absolute atomic E-state index is 0.00890. The van der Waals surface area contributed by atoms with Crippen molar-refractivity contribution in [1.82, 2.24) is 14.9 Å². The largest absolute Gasteiger partial charge is 0.478 e. The van der Waals surface area contributed by atoms with Crippen LogP contribution in [0.1, 0.15) is 45.1 Å². The maximum Gasteiger partial charge on any atom is 0.335 e. The van der Waals surface area contributed by atoms with E-state index in [0.717, 1.165) is 16.7 Å². The number of benzene rings is 3. The second-order valence-electron chi connectivity index (χ2n) is 10.4. The number of fused-ring (bicyclic) bond motifs is 1. The van der Waals surface area contributed by atoms with Crippen LogP contribution in [0, 0.1) is 12.7 Å². The molecular weight excluding hydrogens is 589 g/mol. The van der Waals surface area contributed by atoms with Crippen molar-refractivity contribution < 1.29 is 28.7 Å². The number of carbonyl (C=O) groups is 3. The van der Waals surface area contributed by atoms with Crippen LogP contribution in [-0.4, -0.2) is 56.1 Å². The Balaban J connectivity index is 1.34. The molecule has 0 unspecified atom stereocenters. The molecule has 2 amide bonds. The Morgan fingerprint density at radius 1 is 1.07 bits per heavy atom. The van der Waals surface area contributed by atoms with Gasteiger partial charge in [-0.2, -0.15) is 0 Å². The van der Waals surface area contributed by atoms with Gasteiger partial charge in [0.1, 0.15) is 12.4 Å². The standard InChI is InChI=1S/C32H25ClFN5O5/c1-17-12-19(8-9-20(17)32(42)43)37-30(40)29-23-5-2-4-21(18-14-35-16-36-15-18)22(23)10-11-39(29)31(41)27-13-26(38-44-27)24-6-3-7-25(33)28(24)34/h2-9,12,14-16,27,29H,10-11,13H2,1H3,(H,37,40)(H,42,43)/t27-,29-/m1/s1. The van der Waals surface area contributed by atoms with Crippen LogP contribution in [0.25, 0.3) is 11.1 Å². The molecule has 0 aliphatic carbocycles. The van der Waals surface area contributed by atoms with E-state index in [1.807, 2.05) is 6.07 Å². The van der Waals surface area contributed by atoms with E-state index in [1.54, 1.807) is 43.6 Å². The highest BCUT2D eigenvalue weighted by Gasteiger charge is 2.42. The second kappa shape index (κ2) is 11.8. The van der Waals surface area contributed by atoms with Gasteiger partial charge in [-0.15, -0.1) is 0 Å². The highest BCUT2D eigenvalue weighted by atomic mass is 35.5. The van der Waals surface area contributed by atoms with Crippen LogP contribution in [0.2, 0.25) is 5.02 Å². The van der Waals surface area contributed by atoms with Crippen molar-refractivity contribution in [2.24, 2.45) is 5.16 Å². The lowest BCUT2D eigenvalue weighted by atomic mass is 9.86. The van der Waals surface area contributed by atoms with Crippen molar-refractivity contribution in [2.45, 2.75) is 31.9 Å². The molecule has 3 heterocycles. The summed E-state index contributed by atoms with van der Waals surface area (Å²) in [5.74, 6) is -2.71. The number of carbonyl (C=O) groups excluding carboxylic acids is 2. The lowest BCUT2D eigenvalue weighted by Gasteiger charge is -2.38. The SMILES string of the molecule is Cc1cc(NC(=O)[C@H]2c3cccc(-c4cncnc4)c3CCN2C(=O)[C@H]2CC(c3cccc(Cl)c3F)=NO2)ccc1C(=O)O. The predicted molar refractivity (Wildman–Crippen MR) is 160 cm³/mol. The van der Waals surface area contributed by atoms with Crippen LogP contribution in [0.3, 0.4) is 0 Å². The lowest BCUT2D eigenvalue weighted by Crippen LogP contribution is -2.49. The van der Waals surface area contributed by atoms with Gasteiger partial charge in [0.15, 0.2) is 5.82 Å². The summed E-state index contributed by atoms with van der Waals surface area (Å²) in [4.78, 5) is 54.7. The Morgan fingerprint density at radius 2 is 1.82 bits per heavy atom. The number of oxime groups is 1. The van der Waals surface area contributed by atoms with E-state index in [9.17, 15) is 23.9 Å². The molecule has 1 aromatic heterocycles. The molecule has 6 rings (SSSR count). The summed E-state index contributed by atoms with van der Waals surface area (Å²) in [5, 5.41) is 16.2. The van der Waals surface area contributed by atoms with E-state index >= 15 is 0 Å². The molecule has 3 aromatic carbocycles. The maximum atomic E-state index is 14.7. The van der Waals surface area contributed by atoms with Crippen LogP contribution in [0.4, 0.5) is 10.1 Å². The van der Waals surface area contributed by atoms with Gasteiger partial charge in [-0.3, -0.25) is 9.59 Å². The molecule has 0 fully saturated rings. The number of carboxylic acids is 1. The van der Waals surface area contributed by atoms with Gasteiger partial charge in [0, 0.05) is 42.2 Å². The van der Waals surface area contributed by atoms with Crippen molar-refractivity contribution >= 4 is 40.8 Å². The monoisotopic (exact) mass is 613 g/mol. The number of nitrogens with one attached hydrogen (secondary N) is 1. The van der Waals surface area contributed by atoms with Gasteiger partial charge in [0.05, 0.1) is 16.3 Å². The number of hydrogen-bond acceptors (Lipinski definition) is 7. The van der Waals surface area contributed by atoms with Crippen LogP contribution in [0.5, 0.6) is 0 Å². The van der Waals surface area contributed by atoms with Crippen molar-refractivity contribution in [3.8, 4) is 11.1 Å². The van der Waals surface area contributed by atoms with Crippen LogP contribution >= 0.6 is 11.6 Å². The predicted octanol–water partition coefficient (Wildman–Crippen LogP) is 5.20. The first-order valence-electron chi connectivity index (χ1n) is 13.7. The molecule has 222 valence electrons.